The zero-order valence-corrected chi connectivity index (χ0v) is 26.5. The second-order valence-electron chi connectivity index (χ2n) is 9.79. The Kier molecular flexibility index (Phi) is 13.9. The first-order valence-electron chi connectivity index (χ1n) is 13.1. The Hall–Kier alpha value is -0.877. The van der Waals surface area contributed by atoms with Gasteiger partial charge >= 0.3 is 37.9 Å². The van der Waals surface area contributed by atoms with Gasteiger partial charge in [0, 0.05) is 0 Å². The van der Waals surface area contributed by atoms with Crippen molar-refractivity contribution in [3.63, 3.8) is 0 Å². The first kappa shape index (κ1) is 30.3. The van der Waals surface area contributed by atoms with E-state index >= 15 is 0 Å². The van der Waals surface area contributed by atoms with E-state index in [-0.39, 0.29) is 0 Å². The van der Waals surface area contributed by atoms with Gasteiger partial charge in [-0.2, -0.15) is 12.1 Å². The van der Waals surface area contributed by atoms with Crippen LogP contribution in [0.4, 0.5) is 0 Å². The van der Waals surface area contributed by atoms with Crippen LogP contribution in [-0.4, -0.2) is 0 Å². The molecule has 0 amide bonds. The summed E-state index contributed by atoms with van der Waals surface area (Å²) in [5.74, 6) is 0. The summed E-state index contributed by atoms with van der Waals surface area (Å²) in [6, 6.07) is 18.5. The van der Waals surface area contributed by atoms with Crippen LogP contribution in [0.3, 0.4) is 0 Å². The molecule has 0 unspecified atom stereocenters. The summed E-state index contributed by atoms with van der Waals surface area (Å²) in [5, 5.41) is 5.86. The van der Waals surface area contributed by atoms with E-state index in [1.807, 2.05) is 0 Å². The quantitative estimate of drug-likeness (QED) is 0.142. The van der Waals surface area contributed by atoms with Gasteiger partial charge in [0.05, 0.1) is 0 Å². The molecule has 0 bridgehead atoms. The molecule has 0 aliphatic rings. The predicted molar refractivity (Wildman–Crippen MR) is 156 cm³/mol. The maximum absolute atomic E-state index is 4.93. The molecule has 4 aromatic rings. The van der Waals surface area contributed by atoms with Crippen LogP contribution in [0.15, 0.2) is 48.5 Å². The summed E-state index contributed by atoms with van der Waals surface area (Å²) in [5.41, 5.74) is 8.65. The molecular formula is C32H42Cl2Zr. The molecule has 4 rings (SSSR count). The molecule has 0 spiro atoms. The molecule has 3 heteroatoms. The molecule has 0 aliphatic heterocycles. The van der Waals surface area contributed by atoms with Crippen molar-refractivity contribution in [2.75, 3.05) is 0 Å². The molecule has 0 N–H and O–H groups in total. The molecule has 35 heavy (non-hydrogen) atoms. The summed E-state index contributed by atoms with van der Waals surface area (Å²) in [4.78, 5) is 0. The van der Waals surface area contributed by atoms with E-state index in [0.717, 1.165) is 0 Å². The summed E-state index contributed by atoms with van der Waals surface area (Å²) in [6.07, 6.45) is 10.4. The standard InChI is InChI=1S/2C16H21.2ClH.Zr/c2*1-4-5-6-7-14-9-8-13(3)15-10-12(2)11-16(14)15;;;/h2*8-11H,4-7H2,1-3H3;2*1H;/q2*-1;;;+4/p-2. The Morgan fingerprint density at radius 2 is 1.00 bits per heavy atom. The number of benzene rings is 2. The Bertz CT molecular complexity index is 1070. The molecule has 0 fully saturated rings. The fraction of sp³-hybridized carbons (Fsp3) is 0.438. The number of aryl methyl sites for hydroxylation is 6. The third kappa shape index (κ3) is 9.18. The molecule has 0 saturated heterocycles. The van der Waals surface area contributed by atoms with E-state index in [9.17, 15) is 0 Å². The van der Waals surface area contributed by atoms with Crippen LogP contribution in [0.25, 0.3) is 21.5 Å². The van der Waals surface area contributed by atoms with Gasteiger partial charge in [-0.1, -0.05) is 103 Å². The number of unbranched alkanes of at least 4 members (excludes halogenated alkanes) is 4. The minimum absolute atomic E-state index is 0.826. The van der Waals surface area contributed by atoms with Crippen molar-refractivity contribution in [2.24, 2.45) is 0 Å². The van der Waals surface area contributed by atoms with E-state index in [4.69, 9.17) is 17.0 Å². The Labute approximate surface area is 232 Å². The van der Waals surface area contributed by atoms with Crippen molar-refractivity contribution < 1.29 is 20.8 Å². The Balaban J connectivity index is 0.000000222. The second-order valence-corrected chi connectivity index (χ2v) is 13.5. The molecule has 0 aliphatic carbocycles. The van der Waals surface area contributed by atoms with Gasteiger partial charge < -0.3 is 0 Å². The number of rotatable bonds is 8. The van der Waals surface area contributed by atoms with Crippen LogP contribution in [0.2, 0.25) is 0 Å². The van der Waals surface area contributed by atoms with Gasteiger partial charge in [-0.25, -0.2) is 0 Å². The molecule has 0 radical (unpaired) electrons. The Morgan fingerprint density at radius 1 is 0.629 bits per heavy atom. The summed E-state index contributed by atoms with van der Waals surface area (Å²) in [6.45, 7) is 13.3. The first-order valence-corrected chi connectivity index (χ1v) is 19.5. The van der Waals surface area contributed by atoms with Gasteiger partial charge in [-0.15, -0.1) is 68.1 Å². The van der Waals surface area contributed by atoms with Crippen LogP contribution < -0.4 is 0 Å². The third-order valence-corrected chi connectivity index (χ3v) is 6.78. The van der Waals surface area contributed by atoms with Crippen LogP contribution in [0.5, 0.6) is 0 Å². The van der Waals surface area contributed by atoms with Crippen molar-refractivity contribution in [1.29, 1.82) is 0 Å². The van der Waals surface area contributed by atoms with Crippen LogP contribution >= 0.6 is 17.0 Å². The predicted octanol–water partition coefficient (Wildman–Crippen LogP) is 11.2. The molecular weight excluding hydrogens is 546 g/mol. The fourth-order valence-corrected chi connectivity index (χ4v) is 4.87. The average Bonchev–Trinajstić information content (AvgIpc) is 3.42. The van der Waals surface area contributed by atoms with Crippen molar-refractivity contribution >= 4 is 38.6 Å². The molecule has 0 nitrogen and oxygen atoms in total. The third-order valence-electron chi connectivity index (χ3n) is 6.78. The maximum atomic E-state index is 4.93. The summed E-state index contributed by atoms with van der Waals surface area (Å²) >= 11 is -0.826. The van der Waals surface area contributed by atoms with E-state index < -0.39 is 20.8 Å². The van der Waals surface area contributed by atoms with Crippen molar-refractivity contribution in [2.45, 2.75) is 92.9 Å². The zero-order valence-electron chi connectivity index (χ0n) is 22.5. The number of hydrogen-bond donors (Lipinski definition) is 0. The SMILES string of the molecule is CCCCCc1ccc(C)c2[cH-]c(C)cc12.CCCCCc1ccc(C)c2[cH-]c(C)cc12.[Cl][Zr+2][Cl]. The van der Waals surface area contributed by atoms with Gasteiger partial charge in [-0.3, -0.25) is 0 Å². The topological polar surface area (TPSA) is 0 Å². The second kappa shape index (κ2) is 16.1. The van der Waals surface area contributed by atoms with E-state index in [0.29, 0.717) is 0 Å². The van der Waals surface area contributed by atoms with Gasteiger partial charge in [0.15, 0.2) is 0 Å². The molecule has 4 aromatic carbocycles. The van der Waals surface area contributed by atoms with Crippen LogP contribution in [0.1, 0.15) is 85.8 Å². The van der Waals surface area contributed by atoms with Gasteiger partial charge in [0.2, 0.25) is 0 Å². The average molecular weight is 589 g/mol. The molecule has 0 aromatic heterocycles. The van der Waals surface area contributed by atoms with Crippen LogP contribution in [-0.2, 0) is 33.7 Å². The number of halogens is 2. The Morgan fingerprint density at radius 3 is 1.34 bits per heavy atom. The normalized spacial score (nSPS) is 10.5. The fourth-order valence-electron chi connectivity index (χ4n) is 4.87. The van der Waals surface area contributed by atoms with Crippen molar-refractivity contribution in [3.8, 4) is 0 Å². The van der Waals surface area contributed by atoms with Gasteiger partial charge in [-0.05, 0) is 12.8 Å². The number of fused-ring (bicyclic) bond motifs is 2. The monoisotopic (exact) mass is 586 g/mol. The summed E-state index contributed by atoms with van der Waals surface area (Å²) in [7, 11) is 9.87. The van der Waals surface area contributed by atoms with Crippen LogP contribution in [0, 0.1) is 27.7 Å². The number of hydrogen-bond acceptors (Lipinski definition) is 0. The summed E-state index contributed by atoms with van der Waals surface area (Å²) < 4.78 is 0. The first-order chi connectivity index (χ1) is 16.9. The van der Waals surface area contributed by atoms with Crippen molar-refractivity contribution in [1.82, 2.24) is 0 Å². The molecule has 0 atom stereocenters. The van der Waals surface area contributed by atoms with E-state index in [1.165, 1.54) is 106 Å². The zero-order chi connectivity index (χ0) is 25.8. The molecule has 0 saturated carbocycles. The van der Waals surface area contributed by atoms with Crippen molar-refractivity contribution in [3.05, 3.63) is 81.9 Å². The van der Waals surface area contributed by atoms with Gasteiger partial charge in [0.1, 0.15) is 0 Å². The van der Waals surface area contributed by atoms with E-state index in [2.05, 4.69) is 90.1 Å². The molecule has 0 heterocycles. The van der Waals surface area contributed by atoms with E-state index in [1.54, 1.807) is 0 Å². The van der Waals surface area contributed by atoms with Gasteiger partial charge in [0.25, 0.3) is 0 Å². The minimum atomic E-state index is -0.826. The molecule has 188 valence electrons.